The number of nitrogens with zero attached hydrogens (tertiary/aromatic N) is 2. The summed E-state index contributed by atoms with van der Waals surface area (Å²) in [4.78, 5) is 16.4. The van der Waals surface area contributed by atoms with E-state index in [9.17, 15) is 13.2 Å². The number of ether oxygens (including phenoxy) is 1. The molecular weight excluding hydrogens is 340 g/mol. The van der Waals surface area contributed by atoms with Crippen molar-refractivity contribution in [1.82, 2.24) is 9.80 Å². The fourth-order valence-corrected chi connectivity index (χ4v) is 5.60. The van der Waals surface area contributed by atoms with Crippen molar-refractivity contribution in [2.45, 2.75) is 65.0 Å². The summed E-state index contributed by atoms with van der Waals surface area (Å²) in [6.07, 6.45) is 2.17. The molecule has 0 aliphatic carbocycles. The first-order chi connectivity index (χ1) is 11.4. The number of piperazine rings is 1. The zero-order valence-electron chi connectivity index (χ0n) is 16.4. The van der Waals surface area contributed by atoms with Gasteiger partial charge in [-0.1, -0.05) is 13.8 Å². The number of hydrogen-bond donors (Lipinski definition) is 0. The SMILES string of the molecule is CC(C)CC1(N2CCN(C(=O)OC(C)(C)C)CC2)CCS(=O)(=O)CC1. The Morgan fingerprint density at radius 3 is 2.04 bits per heavy atom. The summed E-state index contributed by atoms with van der Waals surface area (Å²) >= 11 is 0. The molecule has 0 N–H and O–H groups in total. The molecule has 0 spiro atoms. The fourth-order valence-electron chi connectivity index (χ4n) is 4.02. The summed E-state index contributed by atoms with van der Waals surface area (Å²) in [5.74, 6) is 1.09. The smallest absolute Gasteiger partial charge is 0.410 e. The second kappa shape index (κ2) is 7.43. The van der Waals surface area contributed by atoms with Crippen LogP contribution in [0.1, 0.15) is 53.9 Å². The van der Waals surface area contributed by atoms with Crippen molar-refractivity contribution in [3.05, 3.63) is 0 Å². The van der Waals surface area contributed by atoms with Crippen LogP contribution in [0.3, 0.4) is 0 Å². The Morgan fingerprint density at radius 2 is 1.60 bits per heavy atom. The van der Waals surface area contributed by atoms with Crippen LogP contribution >= 0.6 is 0 Å². The molecule has 25 heavy (non-hydrogen) atoms. The summed E-state index contributed by atoms with van der Waals surface area (Å²) in [5, 5.41) is 0. The quantitative estimate of drug-likeness (QED) is 0.759. The Kier molecular flexibility index (Phi) is 6.09. The van der Waals surface area contributed by atoms with Gasteiger partial charge in [0, 0.05) is 31.7 Å². The van der Waals surface area contributed by atoms with Crippen LogP contribution in [0, 0.1) is 5.92 Å². The highest BCUT2D eigenvalue weighted by atomic mass is 32.2. The van der Waals surface area contributed by atoms with E-state index in [-0.39, 0.29) is 23.1 Å². The molecule has 7 heteroatoms. The molecule has 146 valence electrons. The molecule has 0 saturated carbocycles. The predicted octanol–water partition coefficient (Wildman–Crippen LogP) is 2.53. The molecule has 0 radical (unpaired) electrons. The molecule has 0 aromatic rings. The monoisotopic (exact) mass is 374 g/mol. The lowest BCUT2D eigenvalue weighted by atomic mass is 9.81. The molecule has 2 rings (SSSR count). The van der Waals surface area contributed by atoms with Gasteiger partial charge in [0.1, 0.15) is 15.4 Å². The molecule has 0 unspecified atom stereocenters. The maximum Gasteiger partial charge on any atom is 0.410 e. The molecule has 0 aromatic heterocycles. The van der Waals surface area contributed by atoms with Crippen molar-refractivity contribution >= 4 is 15.9 Å². The van der Waals surface area contributed by atoms with E-state index in [1.807, 2.05) is 20.8 Å². The van der Waals surface area contributed by atoms with Crippen LogP contribution in [0.5, 0.6) is 0 Å². The minimum atomic E-state index is -2.88. The standard InChI is InChI=1S/C18H34N2O4S/c1-15(2)14-18(6-12-25(22,23)13-7-18)20-10-8-19(9-11-20)16(21)24-17(3,4)5/h15H,6-14H2,1-5H3. The van der Waals surface area contributed by atoms with Gasteiger partial charge in [-0.3, -0.25) is 4.90 Å². The normalized spacial score (nSPS) is 24.3. The van der Waals surface area contributed by atoms with E-state index in [0.717, 1.165) is 19.5 Å². The maximum atomic E-state index is 12.2. The zero-order chi connectivity index (χ0) is 18.9. The van der Waals surface area contributed by atoms with Gasteiger partial charge in [0.15, 0.2) is 0 Å². The summed E-state index contributed by atoms with van der Waals surface area (Å²) in [7, 11) is -2.88. The lowest BCUT2D eigenvalue weighted by Gasteiger charge is -2.50. The molecule has 1 amide bonds. The number of sulfone groups is 1. The Balaban J connectivity index is 2.01. The molecule has 2 aliphatic rings. The maximum absolute atomic E-state index is 12.2. The highest BCUT2D eigenvalue weighted by molar-refractivity contribution is 7.91. The predicted molar refractivity (Wildman–Crippen MR) is 99.5 cm³/mol. The lowest BCUT2D eigenvalue weighted by Crippen LogP contribution is -2.60. The molecule has 2 heterocycles. The van der Waals surface area contributed by atoms with E-state index in [4.69, 9.17) is 4.74 Å². The van der Waals surface area contributed by atoms with Crippen LogP contribution in [0.15, 0.2) is 0 Å². The topological polar surface area (TPSA) is 66.9 Å². The van der Waals surface area contributed by atoms with E-state index >= 15 is 0 Å². The van der Waals surface area contributed by atoms with E-state index in [0.29, 0.717) is 31.8 Å². The summed E-state index contributed by atoms with van der Waals surface area (Å²) in [6.45, 7) is 12.9. The van der Waals surface area contributed by atoms with Crippen molar-refractivity contribution in [3.8, 4) is 0 Å². The van der Waals surface area contributed by atoms with Gasteiger partial charge in [-0.25, -0.2) is 13.2 Å². The van der Waals surface area contributed by atoms with Crippen molar-refractivity contribution in [2.75, 3.05) is 37.7 Å². The second-order valence-electron chi connectivity index (χ2n) is 8.93. The summed E-state index contributed by atoms with van der Waals surface area (Å²) < 4.78 is 29.3. The average Bonchev–Trinajstić information content (AvgIpc) is 2.48. The molecular formula is C18H34N2O4S. The largest absolute Gasteiger partial charge is 0.444 e. The molecule has 2 aliphatic heterocycles. The lowest BCUT2D eigenvalue weighted by molar-refractivity contribution is -0.0119. The van der Waals surface area contributed by atoms with Gasteiger partial charge in [-0.15, -0.1) is 0 Å². The fraction of sp³-hybridized carbons (Fsp3) is 0.944. The first-order valence-electron chi connectivity index (χ1n) is 9.36. The van der Waals surface area contributed by atoms with Gasteiger partial charge in [0.25, 0.3) is 0 Å². The Labute approximate surface area is 152 Å². The van der Waals surface area contributed by atoms with Gasteiger partial charge in [-0.2, -0.15) is 0 Å². The van der Waals surface area contributed by atoms with Gasteiger partial charge >= 0.3 is 6.09 Å². The Morgan fingerprint density at radius 1 is 1.08 bits per heavy atom. The van der Waals surface area contributed by atoms with Crippen molar-refractivity contribution < 1.29 is 17.9 Å². The molecule has 2 saturated heterocycles. The number of carbonyl (C=O) groups excluding carboxylic acids is 1. The van der Waals surface area contributed by atoms with E-state index < -0.39 is 15.4 Å². The average molecular weight is 375 g/mol. The van der Waals surface area contributed by atoms with Crippen LogP contribution in [-0.4, -0.2) is 73.1 Å². The highest BCUT2D eigenvalue weighted by Crippen LogP contribution is 2.36. The summed E-state index contributed by atoms with van der Waals surface area (Å²) in [6, 6.07) is 0. The third-order valence-electron chi connectivity index (χ3n) is 5.15. The number of rotatable bonds is 3. The molecule has 0 aromatic carbocycles. The Hall–Kier alpha value is -0.820. The second-order valence-corrected chi connectivity index (χ2v) is 11.2. The van der Waals surface area contributed by atoms with Crippen LogP contribution in [-0.2, 0) is 14.6 Å². The van der Waals surface area contributed by atoms with Gasteiger partial charge in [-0.05, 0) is 46.0 Å². The first kappa shape index (κ1) is 20.5. The summed E-state index contributed by atoms with van der Waals surface area (Å²) in [5.41, 5.74) is -0.523. The number of carbonyl (C=O) groups is 1. The molecule has 2 fully saturated rings. The van der Waals surface area contributed by atoms with Crippen molar-refractivity contribution in [2.24, 2.45) is 5.92 Å². The molecule has 6 nitrogen and oxygen atoms in total. The number of amides is 1. The molecule has 0 atom stereocenters. The van der Waals surface area contributed by atoms with Gasteiger partial charge in [0.2, 0.25) is 0 Å². The Bertz CT molecular complexity index is 558. The highest BCUT2D eigenvalue weighted by Gasteiger charge is 2.43. The minimum absolute atomic E-state index is 0.0422. The van der Waals surface area contributed by atoms with E-state index in [1.54, 1.807) is 4.90 Å². The van der Waals surface area contributed by atoms with Crippen LogP contribution in [0.25, 0.3) is 0 Å². The van der Waals surface area contributed by atoms with E-state index in [1.165, 1.54) is 0 Å². The first-order valence-corrected chi connectivity index (χ1v) is 11.2. The van der Waals surface area contributed by atoms with E-state index in [2.05, 4.69) is 18.7 Å². The van der Waals surface area contributed by atoms with Crippen LogP contribution < -0.4 is 0 Å². The minimum Gasteiger partial charge on any atom is -0.444 e. The third-order valence-corrected chi connectivity index (χ3v) is 6.80. The molecule has 0 bridgehead atoms. The zero-order valence-corrected chi connectivity index (χ0v) is 17.2. The van der Waals surface area contributed by atoms with Gasteiger partial charge in [0.05, 0.1) is 11.5 Å². The number of hydrogen-bond acceptors (Lipinski definition) is 5. The van der Waals surface area contributed by atoms with Crippen LogP contribution in [0.2, 0.25) is 0 Å². The van der Waals surface area contributed by atoms with Gasteiger partial charge < -0.3 is 9.64 Å². The third kappa shape index (κ3) is 5.58. The van der Waals surface area contributed by atoms with Crippen molar-refractivity contribution in [1.29, 1.82) is 0 Å². The van der Waals surface area contributed by atoms with Crippen molar-refractivity contribution in [3.63, 3.8) is 0 Å². The van der Waals surface area contributed by atoms with Crippen LogP contribution in [0.4, 0.5) is 4.79 Å².